The fourth-order valence-corrected chi connectivity index (χ4v) is 3.09. The predicted octanol–water partition coefficient (Wildman–Crippen LogP) is 3.56. The maximum absolute atomic E-state index is 12.1. The first kappa shape index (κ1) is 19.5. The molecule has 0 fully saturated rings. The number of nitrogens with zero attached hydrogens (tertiary/aromatic N) is 3. The topological polar surface area (TPSA) is 69.0 Å². The van der Waals surface area contributed by atoms with Gasteiger partial charge in [0.2, 0.25) is 5.91 Å². The summed E-state index contributed by atoms with van der Waals surface area (Å²) < 4.78 is 6.99. The van der Waals surface area contributed by atoms with E-state index in [4.69, 9.17) is 4.74 Å². The number of carbonyl (C=O) groups excluding carboxylic acids is 1. The molecule has 7 heteroatoms. The average Bonchev–Trinajstić information content (AvgIpc) is 3.07. The molecule has 136 valence electrons. The summed E-state index contributed by atoms with van der Waals surface area (Å²) in [6.45, 7) is 5.84. The predicted molar refractivity (Wildman–Crippen MR) is 101 cm³/mol. The summed E-state index contributed by atoms with van der Waals surface area (Å²) in [5.41, 5.74) is 2.11. The summed E-state index contributed by atoms with van der Waals surface area (Å²) in [6, 6.07) is 8.06. The molecule has 0 radical (unpaired) electrons. The Hall–Kier alpha value is -1.86. The minimum Gasteiger partial charge on any atom is -0.385 e. The lowest BCUT2D eigenvalue weighted by Gasteiger charge is -2.10. The molecule has 2 rings (SSSR count). The van der Waals surface area contributed by atoms with Crippen LogP contribution in [0.3, 0.4) is 0 Å². The first-order valence-electron chi connectivity index (χ1n) is 8.53. The van der Waals surface area contributed by atoms with E-state index in [0.29, 0.717) is 18.3 Å². The van der Waals surface area contributed by atoms with Crippen molar-refractivity contribution in [1.29, 1.82) is 0 Å². The first-order valence-corrected chi connectivity index (χ1v) is 9.52. The van der Waals surface area contributed by atoms with Crippen LogP contribution in [-0.4, -0.2) is 40.1 Å². The van der Waals surface area contributed by atoms with Crippen LogP contribution in [0.2, 0.25) is 0 Å². The molecule has 0 aliphatic carbocycles. The Morgan fingerprint density at radius 2 is 2.12 bits per heavy atom. The third-order valence-electron chi connectivity index (χ3n) is 4.04. The smallest absolute Gasteiger partial charge is 0.234 e. The fraction of sp³-hybridized carbons (Fsp3) is 0.500. The Morgan fingerprint density at radius 3 is 2.80 bits per heavy atom. The Labute approximate surface area is 153 Å². The third kappa shape index (κ3) is 6.17. The van der Waals surface area contributed by atoms with Crippen molar-refractivity contribution in [3.8, 4) is 0 Å². The minimum absolute atomic E-state index is 0.0484. The lowest BCUT2D eigenvalue weighted by Crippen LogP contribution is -2.14. The van der Waals surface area contributed by atoms with Gasteiger partial charge < -0.3 is 14.6 Å². The number of hydrogen-bond donors (Lipinski definition) is 1. The van der Waals surface area contributed by atoms with Crippen molar-refractivity contribution in [3.63, 3.8) is 0 Å². The molecule has 0 bridgehead atoms. The van der Waals surface area contributed by atoms with Crippen LogP contribution in [0.4, 0.5) is 5.69 Å². The molecule has 0 saturated heterocycles. The zero-order chi connectivity index (χ0) is 18.1. The average molecular weight is 362 g/mol. The van der Waals surface area contributed by atoms with Crippen LogP contribution < -0.4 is 5.32 Å². The number of aromatic nitrogens is 3. The maximum atomic E-state index is 12.1. The standard InChI is InChI=1S/C18H26N4O2S/c1-4-14(2)15-6-8-16(9-7-15)20-17(23)12-25-18-21-19-13-22(18)10-5-11-24-3/h6-9,13-14H,4-5,10-12H2,1-3H3,(H,20,23). The molecule has 1 unspecified atom stereocenters. The zero-order valence-corrected chi connectivity index (χ0v) is 15.9. The van der Waals surface area contributed by atoms with Gasteiger partial charge in [-0.05, 0) is 36.5 Å². The number of thioether (sulfide) groups is 1. The van der Waals surface area contributed by atoms with Crippen LogP contribution >= 0.6 is 11.8 Å². The van der Waals surface area contributed by atoms with Crippen LogP contribution in [0, 0.1) is 0 Å². The molecule has 1 amide bonds. The highest BCUT2D eigenvalue weighted by Gasteiger charge is 2.09. The second-order valence-electron chi connectivity index (χ2n) is 5.92. The molecule has 1 atom stereocenters. The van der Waals surface area contributed by atoms with E-state index in [2.05, 4.69) is 41.5 Å². The third-order valence-corrected chi connectivity index (χ3v) is 5.02. The number of anilines is 1. The second-order valence-corrected chi connectivity index (χ2v) is 6.86. The van der Waals surface area contributed by atoms with Gasteiger partial charge in [0, 0.05) is 25.9 Å². The van der Waals surface area contributed by atoms with Gasteiger partial charge in [-0.1, -0.05) is 37.7 Å². The van der Waals surface area contributed by atoms with E-state index >= 15 is 0 Å². The molecule has 0 spiro atoms. The van der Waals surface area contributed by atoms with Crippen LogP contribution in [0.1, 0.15) is 38.2 Å². The first-order chi connectivity index (χ1) is 12.1. The Kier molecular flexibility index (Phi) is 7.94. The van der Waals surface area contributed by atoms with Crippen molar-refractivity contribution >= 4 is 23.4 Å². The molecule has 1 heterocycles. The van der Waals surface area contributed by atoms with Gasteiger partial charge in [-0.15, -0.1) is 10.2 Å². The molecule has 6 nitrogen and oxygen atoms in total. The van der Waals surface area contributed by atoms with Gasteiger partial charge in [0.05, 0.1) is 5.75 Å². The normalized spacial score (nSPS) is 12.1. The Morgan fingerprint density at radius 1 is 1.36 bits per heavy atom. The highest BCUT2D eigenvalue weighted by molar-refractivity contribution is 7.99. The molecule has 2 aromatic rings. The van der Waals surface area contributed by atoms with Gasteiger partial charge in [-0.2, -0.15) is 0 Å². The molecule has 1 N–H and O–H groups in total. The number of aryl methyl sites for hydroxylation is 1. The van der Waals surface area contributed by atoms with Crippen LogP contribution in [0.15, 0.2) is 35.7 Å². The fourth-order valence-electron chi connectivity index (χ4n) is 2.35. The summed E-state index contributed by atoms with van der Waals surface area (Å²) >= 11 is 1.39. The zero-order valence-electron chi connectivity index (χ0n) is 15.1. The van der Waals surface area contributed by atoms with E-state index in [0.717, 1.165) is 30.2 Å². The van der Waals surface area contributed by atoms with E-state index in [1.165, 1.54) is 17.3 Å². The molecule has 0 aliphatic heterocycles. The van der Waals surface area contributed by atoms with E-state index in [1.54, 1.807) is 13.4 Å². The summed E-state index contributed by atoms with van der Waals surface area (Å²) in [5.74, 6) is 0.785. The summed E-state index contributed by atoms with van der Waals surface area (Å²) in [4.78, 5) is 12.1. The van der Waals surface area contributed by atoms with Crippen molar-refractivity contribution in [2.24, 2.45) is 0 Å². The van der Waals surface area contributed by atoms with Crippen molar-refractivity contribution in [1.82, 2.24) is 14.8 Å². The molecular weight excluding hydrogens is 336 g/mol. The van der Waals surface area contributed by atoms with Gasteiger partial charge in [-0.3, -0.25) is 4.79 Å². The van der Waals surface area contributed by atoms with E-state index in [1.807, 2.05) is 16.7 Å². The summed E-state index contributed by atoms with van der Waals surface area (Å²) in [7, 11) is 1.68. The lowest BCUT2D eigenvalue weighted by atomic mass is 9.99. The molecule has 1 aromatic heterocycles. The number of methoxy groups -OCH3 is 1. The molecule has 0 saturated carbocycles. The van der Waals surface area contributed by atoms with Crippen LogP contribution in [0.25, 0.3) is 0 Å². The number of ether oxygens (including phenoxy) is 1. The second kappa shape index (κ2) is 10.2. The van der Waals surface area contributed by atoms with Gasteiger partial charge in [0.25, 0.3) is 0 Å². The SMILES string of the molecule is CCC(C)c1ccc(NC(=O)CSc2nncn2CCCOC)cc1. The summed E-state index contributed by atoms with van der Waals surface area (Å²) in [5, 5.41) is 11.7. The summed E-state index contributed by atoms with van der Waals surface area (Å²) in [6.07, 6.45) is 3.67. The van der Waals surface area contributed by atoms with Crippen molar-refractivity contribution in [2.75, 3.05) is 24.8 Å². The van der Waals surface area contributed by atoms with E-state index in [9.17, 15) is 4.79 Å². The molecule has 0 aliphatic rings. The number of rotatable bonds is 10. The lowest BCUT2D eigenvalue weighted by molar-refractivity contribution is -0.113. The van der Waals surface area contributed by atoms with Crippen LogP contribution in [-0.2, 0) is 16.1 Å². The van der Waals surface area contributed by atoms with E-state index in [-0.39, 0.29) is 5.91 Å². The highest BCUT2D eigenvalue weighted by atomic mass is 32.2. The molecular formula is C18H26N4O2S. The molecule has 25 heavy (non-hydrogen) atoms. The molecule has 1 aromatic carbocycles. The van der Waals surface area contributed by atoms with Gasteiger partial charge in [0.1, 0.15) is 6.33 Å². The highest BCUT2D eigenvalue weighted by Crippen LogP contribution is 2.21. The quantitative estimate of drug-likeness (QED) is 0.517. The van der Waals surface area contributed by atoms with Crippen molar-refractivity contribution in [3.05, 3.63) is 36.2 Å². The van der Waals surface area contributed by atoms with Crippen molar-refractivity contribution < 1.29 is 9.53 Å². The number of nitrogens with one attached hydrogen (secondary N) is 1. The largest absolute Gasteiger partial charge is 0.385 e. The number of benzene rings is 1. The van der Waals surface area contributed by atoms with Gasteiger partial charge >= 0.3 is 0 Å². The van der Waals surface area contributed by atoms with Gasteiger partial charge in [0.15, 0.2) is 5.16 Å². The number of carbonyl (C=O) groups is 1. The van der Waals surface area contributed by atoms with Crippen LogP contribution in [0.5, 0.6) is 0 Å². The van der Waals surface area contributed by atoms with Gasteiger partial charge in [-0.25, -0.2) is 0 Å². The number of hydrogen-bond acceptors (Lipinski definition) is 5. The Bertz CT molecular complexity index is 657. The number of amides is 1. The van der Waals surface area contributed by atoms with Crippen molar-refractivity contribution in [2.45, 2.75) is 44.3 Å². The monoisotopic (exact) mass is 362 g/mol. The Balaban J connectivity index is 1.82. The maximum Gasteiger partial charge on any atom is 0.234 e. The minimum atomic E-state index is -0.0484. The van der Waals surface area contributed by atoms with E-state index < -0.39 is 0 Å².